The Morgan fingerprint density at radius 2 is 1.18 bits per heavy atom. The third kappa shape index (κ3) is 7.94. The molecular weight excluding hydrogens is 1050 g/mol. The van der Waals surface area contributed by atoms with E-state index in [1.54, 1.807) is 12.1 Å². The fourth-order valence-corrected chi connectivity index (χ4v) is 10.0. The Kier molecular flexibility index (Phi) is 10.5. The average molecular weight is 1100 g/mol. The normalized spacial score (nSPS) is 12.8. The van der Waals surface area contributed by atoms with Crippen LogP contribution in [0, 0.1) is 19.0 Å². The van der Waals surface area contributed by atoms with Gasteiger partial charge >= 0.3 is 21.1 Å². The molecule has 0 aliphatic rings. The van der Waals surface area contributed by atoms with Crippen LogP contribution in [-0.2, 0) is 31.9 Å². The topological polar surface area (TPSA) is 40.6 Å². The fraction of sp³-hybridized carbons (Fsp3) is 0.138. The van der Waals surface area contributed by atoms with Crippen LogP contribution in [0.4, 0.5) is 0 Å². The molecule has 12 aromatic rings. The zero-order chi connectivity index (χ0) is 50.4. The second-order valence-corrected chi connectivity index (χ2v) is 20.4. The molecule has 348 valence electrons. The smallest absolute Gasteiger partial charge is 0.333 e. The van der Waals surface area contributed by atoms with Gasteiger partial charge in [-0.1, -0.05) is 174 Å². The molecule has 0 amide bonds. The van der Waals surface area contributed by atoms with Crippen LogP contribution in [-0.4, -0.2) is 23.7 Å². The molecular formula is C65H53N5Pt. The third-order valence-corrected chi connectivity index (χ3v) is 13.7. The van der Waals surface area contributed by atoms with Gasteiger partial charge in [-0.3, -0.25) is 14.1 Å². The summed E-state index contributed by atoms with van der Waals surface area (Å²) < 4.78 is 32.7. The number of benzene rings is 9. The van der Waals surface area contributed by atoms with Gasteiger partial charge in [0.15, 0.2) is 0 Å². The molecule has 0 saturated heterocycles. The van der Waals surface area contributed by atoms with Crippen molar-refractivity contribution in [3.05, 3.63) is 223 Å². The number of imidazole rings is 2. The van der Waals surface area contributed by atoms with E-state index in [4.69, 9.17) is 14.1 Å². The number of hydrogen-bond donors (Lipinski definition) is 0. The maximum absolute atomic E-state index is 8.70. The number of rotatable bonds is 7. The molecule has 0 atom stereocenters. The van der Waals surface area contributed by atoms with Gasteiger partial charge in [0.25, 0.3) is 0 Å². The average Bonchev–Trinajstić information content (AvgIpc) is 4.08. The van der Waals surface area contributed by atoms with Crippen molar-refractivity contribution in [3.8, 4) is 62.1 Å². The summed E-state index contributed by atoms with van der Waals surface area (Å²) in [6, 6.07) is 74.2. The van der Waals surface area contributed by atoms with Crippen molar-refractivity contribution in [1.29, 1.82) is 0 Å². The minimum absolute atomic E-state index is 0. The number of nitrogens with zero attached hydrogens (tertiary/aromatic N) is 5. The van der Waals surface area contributed by atoms with E-state index in [0.717, 1.165) is 82.9 Å². The van der Waals surface area contributed by atoms with Crippen molar-refractivity contribution < 1.29 is 25.2 Å². The van der Waals surface area contributed by atoms with Crippen LogP contribution in [0.2, 0.25) is 0 Å². The minimum Gasteiger partial charge on any atom is -0.333 e. The van der Waals surface area contributed by atoms with Crippen molar-refractivity contribution in [2.75, 3.05) is 0 Å². The molecule has 71 heavy (non-hydrogen) atoms. The first kappa shape index (κ1) is 42.3. The summed E-state index contributed by atoms with van der Waals surface area (Å²) in [5.41, 5.74) is 16.0. The molecule has 3 aromatic heterocycles. The Morgan fingerprint density at radius 1 is 0.479 bits per heavy atom. The SMILES string of the molecule is [2H]C([2H])([2H])c1ccccc1-n1c(-c2[c-]c3c(cc2)c2ccccc2n3-c2nc3c(-c4[c-]ccc(C(C)(C)C)c4)cccc3n2-c2ccc(C(C)(C)C)cc2-c2ccccc2)nc2ccc(-c3ccccc3)cc21.[Pt+2]. The Balaban J connectivity index is 0.00000588. The van der Waals surface area contributed by atoms with Crippen molar-refractivity contribution >= 4 is 43.9 Å². The third-order valence-electron chi connectivity index (χ3n) is 13.7. The van der Waals surface area contributed by atoms with Crippen LogP contribution >= 0.6 is 0 Å². The minimum atomic E-state index is -2.39. The molecule has 0 spiro atoms. The van der Waals surface area contributed by atoms with Crippen LogP contribution in [0.15, 0.2) is 194 Å². The van der Waals surface area contributed by atoms with Crippen molar-refractivity contribution in [1.82, 2.24) is 23.7 Å². The van der Waals surface area contributed by atoms with Gasteiger partial charge in [0, 0.05) is 20.9 Å². The Labute approximate surface area is 434 Å². The molecule has 0 N–H and O–H groups in total. The van der Waals surface area contributed by atoms with Crippen LogP contribution < -0.4 is 0 Å². The van der Waals surface area contributed by atoms with Crippen molar-refractivity contribution in [2.24, 2.45) is 0 Å². The summed E-state index contributed by atoms with van der Waals surface area (Å²) in [7, 11) is 0. The summed E-state index contributed by atoms with van der Waals surface area (Å²) in [6.07, 6.45) is 0. The predicted molar refractivity (Wildman–Crippen MR) is 292 cm³/mol. The molecule has 0 bridgehead atoms. The predicted octanol–water partition coefficient (Wildman–Crippen LogP) is 16.6. The summed E-state index contributed by atoms with van der Waals surface area (Å²) in [6.45, 7) is 11.1. The van der Waals surface area contributed by atoms with E-state index in [1.807, 2.05) is 47.0 Å². The van der Waals surface area contributed by atoms with E-state index in [0.29, 0.717) is 23.0 Å². The summed E-state index contributed by atoms with van der Waals surface area (Å²) in [5, 5.41) is 2.04. The first-order valence-corrected chi connectivity index (χ1v) is 24.0. The number of aryl methyl sites for hydroxylation is 1. The van der Waals surface area contributed by atoms with Crippen LogP contribution in [0.5, 0.6) is 0 Å². The maximum Gasteiger partial charge on any atom is 2.00 e. The Bertz CT molecular complexity index is 4090. The van der Waals surface area contributed by atoms with Gasteiger partial charge in [0.1, 0.15) is 0 Å². The molecule has 12 rings (SSSR count). The molecule has 0 fully saturated rings. The van der Waals surface area contributed by atoms with Gasteiger partial charge in [-0.15, -0.1) is 59.2 Å². The largest absolute Gasteiger partial charge is 2.00 e. The molecule has 0 aliphatic carbocycles. The molecule has 0 aliphatic heterocycles. The standard InChI is InChI=1S/C65H53N5.Pt/c1-42-20-14-16-29-55(42)68-60-39-45(43-21-10-8-11-22-43)33-36-54(60)66-62(68)47-32-35-52-51-27-15-17-30-56(51)70(59(52)40-47)63-67-61-50(46-25-18-26-48(38-46)64(2,3)4)28-19-31-58(61)69(63)57-37-34-49(65(5,6)7)41-53(57)44-23-12-9-13-24-44;/h8-24,26-39,41H,1-7H3;/q-2;+2/i1D3;. The van der Waals surface area contributed by atoms with E-state index in [-0.39, 0.29) is 37.5 Å². The molecule has 5 nitrogen and oxygen atoms in total. The number of aromatic nitrogens is 5. The van der Waals surface area contributed by atoms with Crippen molar-refractivity contribution in [3.63, 3.8) is 0 Å². The monoisotopic (exact) mass is 1100 g/mol. The zero-order valence-electron chi connectivity index (χ0n) is 43.5. The van der Waals surface area contributed by atoms with E-state index >= 15 is 0 Å². The van der Waals surface area contributed by atoms with E-state index in [9.17, 15) is 0 Å². The molecule has 9 aromatic carbocycles. The van der Waals surface area contributed by atoms with Crippen LogP contribution in [0.3, 0.4) is 0 Å². The van der Waals surface area contributed by atoms with E-state index in [2.05, 4.69) is 202 Å². The molecule has 0 unspecified atom stereocenters. The van der Waals surface area contributed by atoms with Gasteiger partial charge < -0.3 is 4.57 Å². The van der Waals surface area contributed by atoms with Gasteiger partial charge in [-0.25, -0.2) is 4.98 Å². The molecule has 6 heteroatoms. The quantitative estimate of drug-likeness (QED) is 0.149. The van der Waals surface area contributed by atoms with Gasteiger partial charge in [-0.05, 0) is 98.9 Å². The Hall–Kier alpha value is -7.59. The van der Waals surface area contributed by atoms with E-state index < -0.39 is 6.85 Å². The zero-order valence-corrected chi connectivity index (χ0v) is 42.8. The number of para-hydroxylation sites is 3. The molecule has 0 saturated carbocycles. The first-order valence-electron chi connectivity index (χ1n) is 25.5. The van der Waals surface area contributed by atoms with E-state index in [1.165, 1.54) is 11.1 Å². The summed E-state index contributed by atoms with van der Waals surface area (Å²) >= 11 is 0. The second kappa shape index (κ2) is 17.7. The number of hydrogen-bond acceptors (Lipinski definition) is 2. The van der Waals surface area contributed by atoms with Gasteiger partial charge in [0.05, 0.1) is 33.6 Å². The van der Waals surface area contributed by atoms with Crippen molar-refractivity contribution in [2.45, 2.75) is 59.2 Å². The van der Waals surface area contributed by atoms with Crippen LogP contribution in [0.25, 0.3) is 106 Å². The van der Waals surface area contributed by atoms with Gasteiger partial charge in [-0.2, -0.15) is 0 Å². The second-order valence-electron chi connectivity index (χ2n) is 20.4. The van der Waals surface area contributed by atoms with Gasteiger partial charge in [0.2, 0.25) is 5.95 Å². The maximum atomic E-state index is 8.70. The first-order chi connectivity index (χ1) is 35.1. The Morgan fingerprint density at radius 3 is 1.96 bits per heavy atom. The molecule has 3 heterocycles. The fourth-order valence-electron chi connectivity index (χ4n) is 10.0. The summed E-state index contributed by atoms with van der Waals surface area (Å²) in [4.78, 5) is 11.1. The molecule has 0 radical (unpaired) electrons. The number of fused-ring (bicyclic) bond motifs is 5. The summed E-state index contributed by atoms with van der Waals surface area (Å²) in [5.74, 6) is 1.27. The van der Waals surface area contributed by atoms with Crippen LogP contribution in [0.1, 0.15) is 62.3 Å².